The van der Waals surface area contributed by atoms with E-state index in [0.29, 0.717) is 0 Å². The van der Waals surface area contributed by atoms with Gasteiger partial charge in [0.25, 0.3) is 0 Å². The molecule has 1 rings (SSSR count). The molecular weight excluding hydrogens is 171 g/mol. The van der Waals surface area contributed by atoms with E-state index in [-0.39, 0.29) is 0 Å². The van der Waals surface area contributed by atoms with Crippen molar-refractivity contribution < 1.29 is 0 Å². The van der Waals surface area contributed by atoms with Gasteiger partial charge in [-0.15, -0.1) is 0 Å². The van der Waals surface area contributed by atoms with E-state index in [1.165, 1.54) is 4.53 Å². The minimum atomic E-state index is -1.49. The van der Waals surface area contributed by atoms with E-state index in [2.05, 4.69) is 34.4 Å². The number of nitrogens with one attached hydrogen (secondary N) is 1. The molecule has 0 saturated carbocycles. The van der Waals surface area contributed by atoms with E-state index in [0.717, 1.165) is 0 Å². The van der Waals surface area contributed by atoms with Crippen molar-refractivity contribution in [3.05, 3.63) is 18.3 Å². The normalized spacial score (nSPS) is 11.9. The number of aromatic amines is 1. The Morgan fingerprint density at radius 2 is 2.00 bits per heavy atom. The van der Waals surface area contributed by atoms with Gasteiger partial charge in [0.2, 0.25) is 0 Å². The molecule has 0 atom stereocenters. The van der Waals surface area contributed by atoms with Gasteiger partial charge in [-0.25, -0.2) is 0 Å². The first-order valence-electron chi connectivity index (χ1n) is 3.24. The standard InChI is InChI=1S/C7H13GeN/c1-8(2,3)7-5-4-6-9-7/h4-6,9H,1-3H3. The monoisotopic (exact) mass is 185 g/mol. The first-order chi connectivity index (χ1) is 4.11. The van der Waals surface area contributed by atoms with Crippen LogP contribution < -0.4 is 4.53 Å². The molecule has 50 valence electrons. The summed E-state index contributed by atoms with van der Waals surface area (Å²) in [6.07, 6.45) is 2.01. The van der Waals surface area contributed by atoms with Gasteiger partial charge in [-0.2, -0.15) is 0 Å². The van der Waals surface area contributed by atoms with Crippen molar-refractivity contribution in [3.63, 3.8) is 0 Å². The summed E-state index contributed by atoms with van der Waals surface area (Å²) in [5.74, 6) is 7.14. The molecule has 1 heterocycles. The van der Waals surface area contributed by atoms with Crippen LogP contribution in [0, 0.1) is 0 Å². The van der Waals surface area contributed by atoms with Crippen molar-refractivity contribution in [1.82, 2.24) is 4.98 Å². The molecule has 0 amide bonds. The summed E-state index contributed by atoms with van der Waals surface area (Å²) in [5, 5.41) is 0. The van der Waals surface area contributed by atoms with Crippen molar-refractivity contribution in [2.24, 2.45) is 0 Å². The number of H-pyrrole nitrogens is 1. The number of hydrogen-bond donors (Lipinski definition) is 1. The SMILES string of the molecule is [CH3][Ge]([CH3])([CH3])[c]1ccc[nH]1. The number of hydrogen-bond acceptors (Lipinski definition) is 0. The Bertz CT molecular complexity index is 171. The van der Waals surface area contributed by atoms with Crippen LogP contribution in [0.5, 0.6) is 0 Å². The third kappa shape index (κ3) is 1.61. The average Bonchev–Trinajstić information content (AvgIpc) is 2.08. The molecule has 2 heteroatoms. The number of rotatable bonds is 1. The molecule has 0 aliphatic rings. The van der Waals surface area contributed by atoms with Crippen LogP contribution in [0.25, 0.3) is 0 Å². The topological polar surface area (TPSA) is 15.8 Å². The van der Waals surface area contributed by atoms with Crippen LogP contribution >= 0.6 is 0 Å². The predicted octanol–water partition coefficient (Wildman–Crippen LogP) is 1.56. The summed E-state index contributed by atoms with van der Waals surface area (Å²) in [7, 11) is 0. The van der Waals surface area contributed by atoms with Crippen molar-refractivity contribution in [3.8, 4) is 0 Å². The third-order valence-electron chi connectivity index (χ3n) is 1.41. The van der Waals surface area contributed by atoms with Crippen molar-refractivity contribution in [2.45, 2.75) is 17.3 Å². The van der Waals surface area contributed by atoms with Crippen molar-refractivity contribution in [2.75, 3.05) is 0 Å². The molecule has 1 aromatic heterocycles. The summed E-state index contributed by atoms with van der Waals surface area (Å²) in [4.78, 5) is 3.26. The van der Waals surface area contributed by atoms with Gasteiger partial charge < -0.3 is 0 Å². The van der Waals surface area contributed by atoms with Crippen molar-refractivity contribution >= 4 is 17.8 Å². The summed E-state index contributed by atoms with van der Waals surface area (Å²) in [6, 6.07) is 4.27. The van der Waals surface area contributed by atoms with Crippen LogP contribution in [0.1, 0.15) is 0 Å². The summed E-state index contributed by atoms with van der Waals surface area (Å²) in [6.45, 7) is 0. The molecule has 0 fully saturated rings. The van der Waals surface area contributed by atoms with Gasteiger partial charge in [-0.1, -0.05) is 0 Å². The minimum absolute atomic E-state index is 1.48. The fourth-order valence-corrected chi connectivity index (χ4v) is 3.13. The second kappa shape index (κ2) is 2.21. The summed E-state index contributed by atoms with van der Waals surface area (Å²) >= 11 is -1.49. The summed E-state index contributed by atoms with van der Waals surface area (Å²) < 4.78 is 1.48. The molecule has 0 bridgehead atoms. The van der Waals surface area contributed by atoms with Crippen molar-refractivity contribution in [1.29, 1.82) is 0 Å². The molecule has 0 spiro atoms. The Labute approximate surface area is 58.8 Å². The molecule has 9 heavy (non-hydrogen) atoms. The van der Waals surface area contributed by atoms with E-state index < -0.39 is 13.3 Å². The zero-order chi connectivity index (χ0) is 6.91. The molecule has 0 aliphatic carbocycles. The van der Waals surface area contributed by atoms with Gasteiger partial charge in [0.05, 0.1) is 0 Å². The molecule has 0 saturated heterocycles. The van der Waals surface area contributed by atoms with E-state index in [1.807, 2.05) is 6.20 Å². The van der Waals surface area contributed by atoms with Gasteiger partial charge in [0.1, 0.15) is 0 Å². The predicted molar refractivity (Wildman–Crippen MR) is 43.8 cm³/mol. The van der Waals surface area contributed by atoms with Crippen LogP contribution in [0.4, 0.5) is 0 Å². The van der Waals surface area contributed by atoms with Crippen LogP contribution in [0.15, 0.2) is 18.3 Å². The fourth-order valence-electron chi connectivity index (χ4n) is 0.797. The van der Waals surface area contributed by atoms with Crippen LogP contribution in [0.3, 0.4) is 0 Å². The molecule has 1 N–H and O–H groups in total. The first kappa shape index (κ1) is 6.94. The quantitative estimate of drug-likeness (QED) is 0.637. The Kier molecular flexibility index (Phi) is 1.71. The second-order valence-corrected chi connectivity index (χ2v) is 13.9. The van der Waals surface area contributed by atoms with E-state index in [9.17, 15) is 0 Å². The fraction of sp³-hybridized carbons (Fsp3) is 0.429. The maximum absolute atomic E-state index is 3.26. The molecule has 0 aromatic carbocycles. The van der Waals surface area contributed by atoms with Gasteiger partial charge in [0, 0.05) is 0 Å². The van der Waals surface area contributed by atoms with E-state index in [1.54, 1.807) is 0 Å². The number of aromatic nitrogens is 1. The Morgan fingerprint density at radius 1 is 1.33 bits per heavy atom. The maximum atomic E-state index is 3.26. The molecule has 1 aromatic rings. The van der Waals surface area contributed by atoms with Gasteiger partial charge >= 0.3 is 58.4 Å². The van der Waals surface area contributed by atoms with Crippen LogP contribution in [-0.2, 0) is 0 Å². The van der Waals surface area contributed by atoms with Crippen LogP contribution in [0.2, 0.25) is 17.3 Å². The molecular formula is C7H13GeN. The van der Waals surface area contributed by atoms with Gasteiger partial charge in [0.15, 0.2) is 0 Å². The molecule has 0 aliphatic heterocycles. The Hall–Kier alpha value is -0.177. The van der Waals surface area contributed by atoms with E-state index >= 15 is 0 Å². The Balaban J connectivity index is 2.90. The van der Waals surface area contributed by atoms with Gasteiger partial charge in [-0.05, 0) is 0 Å². The van der Waals surface area contributed by atoms with E-state index in [4.69, 9.17) is 0 Å². The Morgan fingerprint density at radius 3 is 2.22 bits per heavy atom. The molecule has 0 unspecified atom stereocenters. The second-order valence-electron chi connectivity index (χ2n) is 3.33. The summed E-state index contributed by atoms with van der Waals surface area (Å²) in [5.41, 5.74) is 0. The van der Waals surface area contributed by atoms with Crippen LogP contribution in [-0.4, -0.2) is 18.3 Å². The first-order valence-corrected chi connectivity index (χ1v) is 10.6. The zero-order valence-electron chi connectivity index (χ0n) is 6.23. The third-order valence-corrected chi connectivity index (χ3v) is 5.45. The van der Waals surface area contributed by atoms with Gasteiger partial charge in [-0.3, -0.25) is 0 Å². The molecule has 1 nitrogen and oxygen atoms in total. The zero-order valence-corrected chi connectivity index (χ0v) is 8.33. The molecule has 0 radical (unpaired) electrons. The average molecular weight is 184 g/mol.